The number of thiophene rings is 1. The van der Waals surface area contributed by atoms with E-state index in [9.17, 15) is 9.59 Å². The summed E-state index contributed by atoms with van der Waals surface area (Å²) in [5.74, 6) is -0.331. The molecule has 1 unspecified atom stereocenters. The maximum atomic E-state index is 11.7. The van der Waals surface area contributed by atoms with Crippen molar-refractivity contribution in [3.8, 4) is 0 Å². The Morgan fingerprint density at radius 1 is 1.58 bits per heavy atom. The third kappa shape index (κ3) is 5.22. The second-order valence-corrected chi connectivity index (χ2v) is 6.18. The van der Waals surface area contributed by atoms with Crippen molar-refractivity contribution in [2.45, 2.75) is 18.6 Å². The van der Waals surface area contributed by atoms with Crippen LogP contribution in [0.1, 0.15) is 23.0 Å². The van der Waals surface area contributed by atoms with Crippen LogP contribution in [0.4, 0.5) is 5.69 Å². The molecule has 1 aromatic heterocycles. The van der Waals surface area contributed by atoms with Gasteiger partial charge in [0.05, 0.1) is 18.6 Å². The minimum atomic E-state index is -0.452. The van der Waals surface area contributed by atoms with E-state index < -0.39 is 5.97 Å². The summed E-state index contributed by atoms with van der Waals surface area (Å²) in [6, 6.07) is 1.68. The second kappa shape index (κ2) is 8.19. The third-order valence-electron chi connectivity index (χ3n) is 2.34. The van der Waals surface area contributed by atoms with E-state index >= 15 is 0 Å². The second-order valence-electron chi connectivity index (χ2n) is 3.84. The fourth-order valence-electron chi connectivity index (χ4n) is 1.33. The van der Waals surface area contributed by atoms with Gasteiger partial charge in [-0.15, -0.1) is 23.1 Å². The number of carbonyl (C=O) groups excluding carboxylic acids is 2. The zero-order valence-electron chi connectivity index (χ0n) is 10.8. The van der Waals surface area contributed by atoms with Crippen LogP contribution in [0.25, 0.3) is 0 Å². The molecule has 1 aromatic rings. The monoisotopic (exact) mass is 303 g/mol. The van der Waals surface area contributed by atoms with Crippen molar-refractivity contribution in [2.75, 3.05) is 24.8 Å². The number of methoxy groups -OCH3 is 1. The van der Waals surface area contributed by atoms with Gasteiger partial charge in [0.25, 0.3) is 0 Å². The van der Waals surface area contributed by atoms with E-state index in [1.165, 1.54) is 30.2 Å². The van der Waals surface area contributed by atoms with Crippen molar-refractivity contribution in [1.82, 2.24) is 0 Å². The highest BCUT2D eigenvalue weighted by atomic mass is 32.2. The van der Waals surface area contributed by atoms with Crippen molar-refractivity contribution in [1.29, 1.82) is 0 Å². The summed E-state index contributed by atoms with van der Waals surface area (Å²) in [4.78, 5) is 23.6. The van der Waals surface area contributed by atoms with Crippen LogP contribution in [0.3, 0.4) is 0 Å². The molecule has 0 aliphatic carbocycles. The lowest BCUT2D eigenvalue weighted by molar-refractivity contribution is -0.113. The van der Waals surface area contributed by atoms with Gasteiger partial charge in [0.1, 0.15) is 4.88 Å². The van der Waals surface area contributed by atoms with Gasteiger partial charge >= 0.3 is 5.97 Å². The number of amides is 1. The van der Waals surface area contributed by atoms with E-state index in [0.29, 0.717) is 17.0 Å². The lowest BCUT2D eigenvalue weighted by Gasteiger charge is -2.09. The van der Waals surface area contributed by atoms with Crippen LogP contribution in [0.15, 0.2) is 11.4 Å². The van der Waals surface area contributed by atoms with Gasteiger partial charge in [0.15, 0.2) is 0 Å². The summed E-state index contributed by atoms with van der Waals surface area (Å²) in [6.45, 7) is 2.07. The predicted molar refractivity (Wildman–Crippen MR) is 77.9 cm³/mol. The molecular formula is C12H17NO4S2. The van der Waals surface area contributed by atoms with Gasteiger partial charge in [-0.05, 0) is 17.9 Å². The third-order valence-corrected chi connectivity index (χ3v) is 4.47. The number of aliphatic hydroxyl groups is 1. The van der Waals surface area contributed by atoms with Gasteiger partial charge < -0.3 is 15.2 Å². The Balaban J connectivity index is 2.49. The molecule has 0 saturated heterocycles. The van der Waals surface area contributed by atoms with Crippen molar-refractivity contribution in [3.05, 3.63) is 16.3 Å². The summed E-state index contributed by atoms with van der Waals surface area (Å²) in [5, 5.41) is 13.4. The highest BCUT2D eigenvalue weighted by Crippen LogP contribution is 2.23. The summed E-state index contributed by atoms with van der Waals surface area (Å²) >= 11 is 2.69. The molecule has 0 saturated carbocycles. The van der Waals surface area contributed by atoms with Crippen LogP contribution in [-0.2, 0) is 9.53 Å². The molecule has 19 heavy (non-hydrogen) atoms. The predicted octanol–water partition coefficient (Wildman–Crippen LogP) is 1.98. The van der Waals surface area contributed by atoms with Crippen LogP contribution >= 0.6 is 23.1 Å². The van der Waals surface area contributed by atoms with Crippen LogP contribution in [0.5, 0.6) is 0 Å². The number of ether oxygens (including phenoxy) is 1. The molecule has 0 aliphatic heterocycles. The number of hydrogen-bond acceptors (Lipinski definition) is 6. The van der Waals surface area contributed by atoms with Crippen LogP contribution in [-0.4, -0.2) is 41.7 Å². The largest absolute Gasteiger partial charge is 0.465 e. The Morgan fingerprint density at radius 2 is 2.32 bits per heavy atom. The molecule has 0 radical (unpaired) electrons. The summed E-state index contributed by atoms with van der Waals surface area (Å²) in [5.41, 5.74) is 0.484. The molecule has 7 heteroatoms. The Labute approximate surface area is 120 Å². The van der Waals surface area contributed by atoms with Crippen molar-refractivity contribution in [2.24, 2.45) is 0 Å². The number of anilines is 1. The Bertz CT molecular complexity index is 433. The molecular weight excluding hydrogens is 286 g/mol. The fraction of sp³-hybridized carbons (Fsp3) is 0.500. The molecule has 2 N–H and O–H groups in total. The first kappa shape index (κ1) is 16.0. The van der Waals surface area contributed by atoms with E-state index in [0.717, 1.165) is 0 Å². The normalized spacial score (nSPS) is 11.9. The quantitative estimate of drug-likeness (QED) is 0.753. The van der Waals surface area contributed by atoms with Gasteiger partial charge in [-0.1, -0.05) is 6.92 Å². The summed E-state index contributed by atoms with van der Waals surface area (Å²) < 4.78 is 4.63. The van der Waals surface area contributed by atoms with Crippen molar-refractivity contribution >= 4 is 40.7 Å². The highest BCUT2D eigenvalue weighted by Gasteiger charge is 2.15. The standard InChI is InChI=1S/C12H17NO4S2/c1-8(3-5-14)19-7-10(15)13-9-4-6-18-11(9)12(16)17-2/h4,6,8,14H,3,5,7H2,1-2H3,(H,13,15). The van der Waals surface area contributed by atoms with E-state index in [2.05, 4.69) is 10.1 Å². The first-order valence-electron chi connectivity index (χ1n) is 5.76. The lowest BCUT2D eigenvalue weighted by atomic mass is 10.3. The van der Waals surface area contributed by atoms with Gasteiger partial charge in [0, 0.05) is 11.9 Å². The molecule has 0 aromatic carbocycles. The number of rotatable bonds is 7. The minimum absolute atomic E-state index is 0.118. The molecule has 1 rings (SSSR count). The van der Waals surface area contributed by atoms with E-state index in [4.69, 9.17) is 5.11 Å². The van der Waals surface area contributed by atoms with Gasteiger partial charge in [-0.25, -0.2) is 4.79 Å². The number of esters is 1. The van der Waals surface area contributed by atoms with Gasteiger partial charge in [-0.3, -0.25) is 4.79 Å². The maximum absolute atomic E-state index is 11.7. The van der Waals surface area contributed by atoms with Crippen LogP contribution < -0.4 is 5.32 Å². The number of aliphatic hydroxyl groups excluding tert-OH is 1. The molecule has 1 amide bonds. The molecule has 0 spiro atoms. The Hall–Kier alpha value is -1.05. The highest BCUT2D eigenvalue weighted by molar-refractivity contribution is 8.00. The minimum Gasteiger partial charge on any atom is -0.465 e. The Kier molecular flexibility index (Phi) is 6.90. The Morgan fingerprint density at radius 3 is 2.95 bits per heavy atom. The topological polar surface area (TPSA) is 75.6 Å². The number of hydrogen-bond donors (Lipinski definition) is 2. The zero-order valence-corrected chi connectivity index (χ0v) is 12.5. The first-order chi connectivity index (χ1) is 9.08. The van der Waals surface area contributed by atoms with E-state index in [1.54, 1.807) is 11.4 Å². The fourth-order valence-corrected chi connectivity index (χ4v) is 2.87. The van der Waals surface area contributed by atoms with Crippen molar-refractivity contribution in [3.63, 3.8) is 0 Å². The van der Waals surface area contributed by atoms with Gasteiger partial charge in [-0.2, -0.15) is 0 Å². The van der Waals surface area contributed by atoms with E-state index in [1.807, 2.05) is 6.92 Å². The average Bonchev–Trinajstić information content (AvgIpc) is 2.84. The van der Waals surface area contributed by atoms with Crippen LogP contribution in [0, 0.1) is 0 Å². The molecule has 0 aliphatic rings. The first-order valence-corrected chi connectivity index (χ1v) is 7.69. The maximum Gasteiger partial charge on any atom is 0.350 e. The van der Waals surface area contributed by atoms with Crippen molar-refractivity contribution < 1.29 is 19.4 Å². The smallest absolute Gasteiger partial charge is 0.350 e. The van der Waals surface area contributed by atoms with E-state index in [-0.39, 0.29) is 23.5 Å². The average molecular weight is 303 g/mol. The number of nitrogens with one attached hydrogen (secondary N) is 1. The lowest BCUT2D eigenvalue weighted by Crippen LogP contribution is -2.17. The van der Waals surface area contributed by atoms with Gasteiger partial charge in [0.2, 0.25) is 5.91 Å². The number of carbonyl (C=O) groups is 2. The molecule has 0 bridgehead atoms. The number of thioether (sulfide) groups is 1. The molecule has 5 nitrogen and oxygen atoms in total. The van der Waals surface area contributed by atoms with Crippen LogP contribution in [0.2, 0.25) is 0 Å². The molecule has 0 fully saturated rings. The molecule has 106 valence electrons. The molecule has 1 atom stereocenters. The summed E-state index contributed by atoms with van der Waals surface area (Å²) in [7, 11) is 1.31. The molecule has 1 heterocycles. The zero-order chi connectivity index (χ0) is 14.3. The SMILES string of the molecule is COC(=O)c1sccc1NC(=O)CSC(C)CCO. The summed E-state index contributed by atoms with van der Waals surface area (Å²) in [6.07, 6.45) is 0.657.